The van der Waals surface area contributed by atoms with Crippen molar-refractivity contribution in [2.45, 2.75) is 50.6 Å². The van der Waals surface area contributed by atoms with E-state index < -0.39 is 0 Å². The third-order valence-corrected chi connectivity index (χ3v) is 3.62. The van der Waals surface area contributed by atoms with Crippen molar-refractivity contribution in [3.8, 4) is 0 Å². The molecule has 2 N–H and O–H groups in total. The number of aliphatic hydroxyl groups is 1. The second kappa shape index (κ2) is 6.77. The molecule has 1 aliphatic carbocycles. The van der Waals surface area contributed by atoms with Crippen LogP contribution in [0.1, 0.15) is 37.7 Å². The van der Waals surface area contributed by atoms with Gasteiger partial charge in [-0.1, -0.05) is 49.6 Å². The molecule has 1 saturated carbocycles. The highest BCUT2D eigenvalue weighted by Gasteiger charge is 2.17. The molecule has 0 heterocycles. The highest BCUT2D eigenvalue weighted by Crippen LogP contribution is 2.18. The van der Waals surface area contributed by atoms with Crippen molar-refractivity contribution in [3.63, 3.8) is 0 Å². The van der Waals surface area contributed by atoms with E-state index in [4.69, 9.17) is 0 Å². The molecule has 0 aromatic heterocycles. The fourth-order valence-electron chi connectivity index (χ4n) is 2.68. The molecule has 0 spiro atoms. The van der Waals surface area contributed by atoms with Crippen LogP contribution < -0.4 is 5.32 Å². The molecule has 17 heavy (non-hydrogen) atoms. The highest BCUT2D eigenvalue weighted by molar-refractivity contribution is 5.15. The Labute approximate surface area is 104 Å². The Morgan fingerprint density at radius 1 is 1.12 bits per heavy atom. The van der Waals surface area contributed by atoms with Gasteiger partial charge in [-0.2, -0.15) is 0 Å². The first-order chi connectivity index (χ1) is 8.38. The first-order valence-electron chi connectivity index (χ1n) is 6.79. The van der Waals surface area contributed by atoms with Crippen molar-refractivity contribution in [2.24, 2.45) is 0 Å². The average molecular weight is 233 g/mol. The fraction of sp³-hybridized carbons (Fsp3) is 0.600. The monoisotopic (exact) mass is 233 g/mol. The smallest absolute Gasteiger partial charge is 0.0587 e. The predicted octanol–water partition coefficient (Wildman–Crippen LogP) is 2.51. The van der Waals surface area contributed by atoms with Crippen LogP contribution in [-0.4, -0.2) is 23.8 Å². The molecule has 1 aliphatic rings. The van der Waals surface area contributed by atoms with E-state index >= 15 is 0 Å². The van der Waals surface area contributed by atoms with Crippen molar-refractivity contribution >= 4 is 0 Å². The maximum absolute atomic E-state index is 9.46. The molecule has 0 aliphatic heterocycles. The summed E-state index contributed by atoms with van der Waals surface area (Å²) < 4.78 is 0. The zero-order chi connectivity index (χ0) is 11.9. The van der Waals surface area contributed by atoms with Crippen LogP contribution in [0.25, 0.3) is 0 Å². The first-order valence-corrected chi connectivity index (χ1v) is 6.79. The minimum Gasteiger partial charge on any atom is -0.395 e. The first kappa shape index (κ1) is 12.6. The Hall–Kier alpha value is -0.860. The van der Waals surface area contributed by atoms with Crippen molar-refractivity contribution in [1.82, 2.24) is 5.32 Å². The Balaban J connectivity index is 1.83. The minimum absolute atomic E-state index is 0.209. The number of hydrogen-bond acceptors (Lipinski definition) is 2. The summed E-state index contributed by atoms with van der Waals surface area (Å²) in [4.78, 5) is 0. The van der Waals surface area contributed by atoms with Crippen LogP contribution in [0.3, 0.4) is 0 Å². The molecule has 0 unspecified atom stereocenters. The molecule has 0 saturated heterocycles. The lowest BCUT2D eigenvalue weighted by atomic mass is 9.94. The van der Waals surface area contributed by atoms with E-state index in [1.54, 1.807) is 0 Å². The summed E-state index contributed by atoms with van der Waals surface area (Å²) in [7, 11) is 0. The van der Waals surface area contributed by atoms with Gasteiger partial charge < -0.3 is 10.4 Å². The Bertz CT molecular complexity index is 306. The van der Waals surface area contributed by atoms with E-state index in [1.807, 2.05) is 6.07 Å². The topological polar surface area (TPSA) is 32.3 Å². The Kier molecular flexibility index (Phi) is 5.02. The summed E-state index contributed by atoms with van der Waals surface area (Å²) in [6, 6.07) is 11.2. The van der Waals surface area contributed by atoms with E-state index in [1.165, 1.54) is 37.7 Å². The van der Waals surface area contributed by atoms with Gasteiger partial charge in [0.1, 0.15) is 0 Å². The molecule has 1 fully saturated rings. The molecular weight excluding hydrogens is 210 g/mol. The van der Waals surface area contributed by atoms with Gasteiger partial charge in [0.15, 0.2) is 0 Å². The minimum atomic E-state index is 0.209. The van der Waals surface area contributed by atoms with Crippen molar-refractivity contribution < 1.29 is 5.11 Å². The highest BCUT2D eigenvalue weighted by atomic mass is 16.3. The lowest BCUT2D eigenvalue weighted by Gasteiger charge is -2.27. The van der Waals surface area contributed by atoms with E-state index in [-0.39, 0.29) is 12.6 Å². The van der Waals surface area contributed by atoms with Gasteiger partial charge in [-0.25, -0.2) is 0 Å². The lowest BCUT2D eigenvalue weighted by molar-refractivity contribution is 0.218. The fourth-order valence-corrected chi connectivity index (χ4v) is 2.68. The molecule has 1 atom stereocenters. The standard InChI is InChI=1S/C15H23NO/c17-12-15(11-13-7-3-1-4-8-13)16-14-9-5-2-6-10-14/h1,3-4,7-8,14-17H,2,5-6,9-12H2/t15-/m1/s1. The summed E-state index contributed by atoms with van der Waals surface area (Å²) in [5.41, 5.74) is 1.30. The number of nitrogens with one attached hydrogen (secondary N) is 1. The van der Waals surface area contributed by atoms with Gasteiger partial charge in [0.2, 0.25) is 0 Å². The molecule has 1 aromatic carbocycles. The van der Waals surface area contributed by atoms with Gasteiger partial charge in [-0.3, -0.25) is 0 Å². The molecule has 0 amide bonds. The lowest BCUT2D eigenvalue weighted by Crippen LogP contribution is -2.42. The van der Waals surface area contributed by atoms with Gasteiger partial charge in [0.05, 0.1) is 6.61 Å². The van der Waals surface area contributed by atoms with E-state index in [9.17, 15) is 5.11 Å². The van der Waals surface area contributed by atoms with Crippen molar-refractivity contribution in [3.05, 3.63) is 35.9 Å². The normalized spacial score (nSPS) is 19.1. The zero-order valence-electron chi connectivity index (χ0n) is 10.4. The van der Waals surface area contributed by atoms with Crippen LogP contribution in [-0.2, 0) is 6.42 Å². The average Bonchev–Trinajstić information content (AvgIpc) is 2.40. The van der Waals surface area contributed by atoms with Crippen LogP contribution in [0.4, 0.5) is 0 Å². The number of benzene rings is 1. The maximum Gasteiger partial charge on any atom is 0.0587 e. The molecule has 0 bridgehead atoms. The maximum atomic E-state index is 9.46. The quantitative estimate of drug-likeness (QED) is 0.819. The van der Waals surface area contributed by atoms with Gasteiger partial charge in [-0.05, 0) is 24.8 Å². The van der Waals surface area contributed by atoms with E-state index in [2.05, 4.69) is 29.6 Å². The molecule has 1 aromatic rings. The van der Waals surface area contributed by atoms with Gasteiger partial charge >= 0.3 is 0 Å². The van der Waals surface area contributed by atoms with E-state index in [0.717, 1.165) is 6.42 Å². The summed E-state index contributed by atoms with van der Waals surface area (Å²) >= 11 is 0. The van der Waals surface area contributed by atoms with Crippen molar-refractivity contribution in [1.29, 1.82) is 0 Å². The summed E-state index contributed by atoms with van der Waals surface area (Å²) in [5.74, 6) is 0. The van der Waals surface area contributed by atoms with Gasteiger partial charge in [0, 0.05) is 12.1 Å². The Morgan fingerprint density at radius 2 is 1.82 bits per heavy atom. The largest absolute Gasteiger partial charge is 0.395 e. The van der Waals surface area contributed by atoms with Gasteiger partial charge in [-0.15, -0.1) is 0 Å². The molecular formula is C15H23NO. The van der Waals surface area contributed by atoms with Crippen LogP contribution in [0.2, 0.25) is 0 Å². The summed E-state index contributed by atoms with van der Waals surface area (Å²) in [6.07, 6.45) is 7.51. The van der Waals surface area contributed by atoms with Gasteiger partial charge in [0.25, 0.3) is 0 Å². The van der Waals surface area contributed by atoms with Crippen molar-refractivity contribution in [2.75, 3.05) is 6.61 Å². The second-order valence-electron chi connectivity index (χ2n) is 5.07. The zero-order valence-corrected chi connectivity index (χ0v) is 10.4. The predicted molar refractivity (Wildman–Crippen MR) is 71.0 cm³/mol. The molecule has 2 nitrogen and oxygen atoms in total. The molecule has 2 rings (SSSR count). The van der Waals surface area contributed by atoms with E-state index in [0.29, 0.717) is 6.04 Å². The Morgan fingerprint density at radius 3 is 2.47 bits per heavy atom. The number of hydrogen-bond donors (Lipinski definition) is 2. The van der Waals surface area contributed by atoms with Crippen LogP contribution in [0, 0.1) is 0 Å². The third-order valence-electron chi connectivity index (χ3n) is 3.62. The van der Waals surface area contributed by atoms with Crippen LogP contribution in [0.5, 0.6) is 0 Å². The molecule has 94 valence electrons. The third kappa shape index (κ3) is 4.14. The number of aliphatic hydroxyl groups excluding tert-OH is 1. The molecule has 2 heteroatoms. The summed E-state index contributed by atoms with van der Waals surface area (Å²) in [6.45, 7) is 0.228. The van der Waals surface area contributed by atoms with Crippen LogP contribution >= 0.6 is 0 Å². The summed E-state index contributed by atoms with van der Waals surface area (Å²) in [5, 5.41) is 13.1. The SMILES string of the molecule is OC[C@@H](Cc1ccccc1)NC1CCCCC1. The number of rotatable bonds is 5. The second-order valence-corrected chi connectivity index (χ2v) is 5.07. The van der Waals surface area contributed by atoms with Crippen LogP contribution in [0.15, 0.2) is 30.3 Å². The molecule has 0 radical (unpaired) electrons.